The molecule has 2 aliphatic carbocycles. The Labute approximate surface area is 102 Å². The van der Waals surface area contributed by atoms with Crippen molar-refractivity contribution in [1.82, 2.24) is 14.9 Å². The Balaban J connectivity index is 1.54. The van der Waals surface area contributed by atoms with Crippen LogP contribution in [-0.2, 0) is 13.1 Å². The van der Waals surface area contributed by atoms with Crippen LogP contribution >= 0.6 is 0 Å². The van der Waals surface area contributed by atoms with Gasteiger partial charge in [-0.3, -0.25) is 0 Å². The van der Waals surface area contributed by atoms with E-state index in [0.29, 0.717) is 6.42 Å². The number of aromatic nitrogens is 2. The van der Waals surface area contributed by atoms with Crippen LogP contribution in [0.2, 0.25) is 0 Å². The molecule has 0 saturated heterocycles. The molecule has 0 bridgehead atoms. The topological polar surface area (TPSA) is 53.6 Å². The van der Waals surface area contributed by atoms with Gasteiger partial charge in [-0.25, -0.2) is 4.98 Å². The lowest BCUT2D eigenvalue weighted by Gasteiger charge is -2.10. The van der Waals surface area contributed by atoms with Crippen LogP contribution in [0.15, 0.2) is 12.5 Å². The maximum Gasteiger partial charge on any atom is 0.0950 e. The van der Waals surface area contributed by atoms with Gasteiger partial charge in [-0.1, -0.05) is 0 Å². The van der Waals surface area contributed by atoms with Gasteiger partial charge in [-0.2, -0.15) is 5.26 Å². The van der Waals surface area contributed by atoms with Gasteiger partial charge in [0, 0.05) is 37.2 Å². The van der Waals surface area contributed by atoms with E-state index < -0.39 is 0 Å². The Morgan fingerprint density at radius 1 is 1.53 bits per heavy atom. The first-order chi connectivity index (χ1) is 8.30. The highest BCUT2D eigenvalue weighted by atomic mass is 15.1. The van der Waals surface area contributed by atoms with Gasteiger partial charge >= 0.3 is 0 Å². The lowest BCUT2D eigenvalue weighted by atomic mass is 10.0. The lowest BCUT2D eigenvalue weighted by Crippen LogP contribution is -2.15. The summed E-state index contributed by atoms with van der Waals surface area (Å²) in [6, 6.07) is 3.03. The molecule has 0 spiro atoms. The number of rotatable bonds is 6. The van der Waals surface area contributed by atoms with E-state index in [4.69, 9.17) is 5.26 Å². The molecule has 0 unspecified atom stereocenters. The molecule has 4 heteroatoms. The molecule has 2 saturated carbocycles. The van der Waals surface area contributed by atoms with Crippen LogP contribution in [0, 0.1) is 16.7 Å². The zero-order valence-corrected chi connectivity index (χ0v) is 10.0. The molecule has 0 amide bonds. The van der Waals surface area contributed by atoms with E-state index in [1.807, 2.05) is 6.33 Å². The summed E-state index contributed by atoms with van der Waals surface area (Å²) in [6.07, 6.45) is 9.70. The molecule has 0 atom stereocenters. The van der Waals surface area contributed by atoms with E-state index in [-0.39, 0.29) is 5.41 Å². The Kier molecular flexibility index (Phi) is 2.64. The van der Waals surface area contributed by atoms with Gasteiger partial charge < -0.3 is 9.88 Å². The molecule has 0 radical (unpaired) electrons. The van der Waals surface area contributed by atoms with E-state index in [1.165, 1.54) is 25.7 Å². The smallest absolute Gasteiger partial charge is 0.0950 e. The molecule has 90 valence electrons. The van der Waals surface area contributed by atoms with Gasteiger partial charge in [0.2, 0.25) is 0 Å². The Morgan fingerprint density at radius 3 is 3.00 bits per heavy atom. The fourth-order valence-electron chi connectivity index (χ4n) is 2.24. The van der Waals surface area contributed by atoms with E-state index in [1.54, 1.807) is 0 Å². The molecular weight excluding hydrogens is 212 g/mol. The average Bonchev–Trinajstić information content (AvgIpc) is 3.21. The standard InChI is InChI=1S/C13H18N4/c14-6-5-13(3-4-13)9-17-8-12(16-10-17)7-15-11-1-2-11/h8,10-11,15H,1-5,7,9H2. The first kappa shape index (κ1) is 10.8. The van der Waals surface area contributed by atoms with Gasteiger partial charge in [0.05, 0.1) is 18.1 Å². The number of nitrogens with one attached hydrogen (secondary N) is 1. The van der Waals surface area contributed by atoms with Crippen molar-refractivity contribution in [1.29, 1.82) is 5.26 Å². The van der Waals surface area contributed by atoms with Crippen LogP contribution in [0.5, 0.6) is 0 Å². The maximum atomic E-state index is 8.79. The largest absolute Gasteiger partial charge is 0.337 e. The first-order valence-corrected chi connectivity index (χ1v) is 6.41. The predicted octanol–water partition coefficient (Wildman–Crippen LogP) is 1.83. The van der Waals surface area contributed by atoms with Crippen molar-refractivity contribution in [3.8, 4) is 6.07 Å². The second kappa shape index (κ2) is 4.15. The third-order valence-corrected chi connectivity index (χ3v) is 3.77. The summed E-state index contributed by atoms with van der Waals surface area (Å²) in [5.41, 5.74) is 1.38. The normalized spacial score (nSPS) is 21.1. The van der Waals surface area contributed by atoms with Crippen LogP contribution in [0.1, 0.15) is 37.8 Å². The van der Waals surface area contributed by atoms with Crippen molar-refractivity contribution in [3.63, 3.8) is 0 Å². The van der Waals surface area contributed by atoms with Crippen LogP contribution in [0.25, 0.3) is 0 Å². The highest BCUT2D eigenvalue weighted by Crippen LogP contribution is 2.49. The molecule has 4 nitrogen and oxygen atoms in total. The van der Waals surface area contributed by atoms with Crippen molar-refractivity contribution in [2.45, 2.75) is 51.2 Å². The van der Waals surface area contributed by atoms with Gasteiger partial charge in [0.1, 0.15) is 0 Å². The van der Waals surface area contributed by atoms with Crippen molar-refractivity contribution in [3.05, 3.63) is 18.2 Å². The zero-order valence-electron chi connectivity index (χ0n) is 10.0. The van der Waals surface area contributed by atoms with E-state index >= 15 is 0 Å². The SMILES string of the molecule is N#CCC1(Cn2cnc(CNC3CC3)c2)CC1. The number of hydrogen-bond acceptors (Lipinski definition) is 3. The van der Waals surface area contributed by atoms with Gasteiger partial charge in [0.15, 0.2) is 0 Å². The van der Waals surface area contributed by atoms with Gasteiger partial charge in [-0.15, -0.1) is 0 Å². The summed E-state index contributed by atoms with van der Waals surface area (Å²) in [5.74, 6) is 0. The molecule has 1 N–H and O–H groups in total. The fourth-order valence-corrected chi connectivity index (χ4v) is 2.24. The predicted molar refractivity (Wildman–Crippen MR) is 64.0 cm³/mol. The third kappa shape index (κ3) is 2.67. The Bertz CT molecular complexity index is 435. The summed E-state index contributed by atoms with van der Waals surface area (Å²) >= 11 is 0. The number of nitrogens with zero attached hydrogens (tertiary/aromatic N) is 3. The number of hydrogen-bond donors (Lipinski definition) is 1. The summed E-state index contributed by atoms with van der Waals surface area (Å²) < 4.78 is 2.15. The van der Waals surface area contributed by atoms with Crippen molar-refractivity contribution < 1.29 is 0 Å². The Hall–Kier alpha value is -1.34. The second-order valence-corrected chi connectivity index (χ2v) is 5.53. The minimum absolute atomic E-state index is 0.261. The third-order valence-electron chi connectivity index (χ3n) is 3.77. The quantitative estimate of drug-likeness (QED) is 0.811. The molecule has 1 aromatic heterocycles. The molecular formula is C13H18N4. The molecule has 1 heterocycles. The summed E-state index contributed by atoms with van der Waals surface area (Å²) in [4.78, 5) is 4.41. The zero-order chi connectivity index (χ0) is 11.7. The molecule has 2 aliphatic rings. The minimum atomic E-state index is 0.261. The highest BCUT2D eigenvalue weighted by Gasteiger charge is 2.42. The van der Waals surface area contributed by atoms with Gasteiger partial charge in [-0.05, 0) is 25.7 Å². The summed E-state index contributed by atoms with van der Waals surface area (Å²) in [6.45, 7) is 1.83. The van der Waals surface area contributed by atoms with Crippen LogP contribution in [-0.4, -0.2) is 15.6 Å². The molecule has 17 heavy (non-hydrogen) atoms. The van der Waals surface area contributed by atoms with Crippen molar-refractivity contribution in [2.24, 2.45) is 5.41 Å². The maximum absolute atomic E-state index is 8.79. The van der Waals surface area contributed by atoms with E-state index in [0.717, 1.165) is 24.8 Å². The Morgan fingerprint density at radius 2 is 2.35 bits per heavy atom. The van der Waals surface area contributed by atoms with Gasteiger partial charge in [0.25, 0.3) is 0 Å². The monoisotopic (exact) mass is 230 g/mol. The average molecular weight is 230 g/mol. The van der Waals surface area contributed by atoms with E-state index in [2.05, 4.69) is 27.1 Å². The highest BCUT2D eigenvalue weighted by molar-refractivity contribution is 5.03. The fraction of sp³-hybridized carbons (Fsp3) is 0.692. The number of imidazole rings is 1. The van der Waals surface area contributed by atoms with Crippen molar-refractivity contribution in [2.75, 3.05) is 0 Å². The molecule has 0 aliphatic heterocycles. The molecule has 1 aromatic rings. The van der Waals surface area contributed by atoms with Crippen molar-refractivity contribution >= 4 is 0 Å². The number of nitriles is 1. The molecule has 3 rings (SSSR count). The second-order valence-electron chi connectivity index (χ2n) is 5.53. The summed E-state index contributed by atoms with van der Waals surface area (Å²) in [7, 11) is 0. The van der Waals surface area contributed by atoms with Crippen LogP contribution in [0.3, 0.4) is 0 Å². The molecule has 2 fully saturated rings. The molecule has 0 aromatic carbocycles. The first-order valence-electron chi connectivity index (χ1n) is 6.41. The minimum Gasteiger partial charge on any atom is -0.337 e. The van der Waals surface area contributed by atoms with Crippen LogP contribution in [0.4, 0.5) is 0 Å². The lowest BCUT2D eigenvalue weighted by molar-refractivity contribution is 0.431. The van der Waals surface area contributed by atoms with Crippen LogP contribution < -0.4 is 5.32 Å². The summed E-state index contributed by atoms with van der Waals surface area (Å²) in [5, 5.41) is 12.3. The van der Waals surface area contributed by atoms with E-state index in [9.17, 15) is 0 Å².